The summed E-state index contributed by atoms with van der Waals surface area (Å²) in [6.45, 7) is 5.53. The maximum absolute atomic E-state index is 12.6. The molecule has 1 saturated carbocycles. The molecule has 8 nitrogen and oxygen atoms in total. The number of fused-ring (bicyclic) bond motifs is 1. The van der Waals surface area contributed by atoms with Crippen molar-refractivity contribution in [1.29, 1.82) is 0 Å². The van der Waals surface area contributed by atoms with Crippen LogP contribution in [0.5, 0.6) is 0 Å². The van der Waals surface area contributed by atoms with Crippen LogP contribution in [0.3, 0.4) is 0 Å². The predicted molar refractivity (Wildman–Crippen MR) is 189 cm³/mol. The van der Waals surface area contributed by atoms with Crippen molar-refractivity contribution in [1.82, 2.24) is 4.98 Å². The number of rotatable bonds is 16. The van der Waals surface area contributed by atoms with Gasteiger partial charge in [-0.15, -0.1) is 10.1 Å². The third-order valence-electron chi connectivity index (χ3n) is 9.47. The topological polar surface area (TPSA) is 101 Å². The summed E-state index contributed by atoms with van der Waals surface area (Å²) in [7, 11) is 1.74. The standard InChI is InChI=1S/C39H43ClN2O6/c1-27(48-42(44)45)47-37(43)26-39(22-23-39)21-20-29(13-14-30-9-5-6-11-35(30)38(2,3)46-4)32-10-7-8-28(24-32)12-18-34-19-16-31-15-17-33(40)25-36(31)41-34/h5-12,15-19,24-25,27,29H,13-14,20-23,26H2,1-4H3/b18-12+/t27?,29-/m0/s1. The van der Waals surface area contributed by atoms with Crippen LogP contribution in [0.4, 0.5) is 0 Å². The molecule has 1 heterocycles. The molecule has 0 radical (unpaired) electrons. The zero-order chi connectivity index (χ0) is 34.3. The second-order valence-electron chi connectivity index (χ2n) is 13.3. The van der Waals surface area contributed by atoms with Crippen molar-refractivity contribution in [2.45, 2.75) is 83.5 Å². The number of halogens is 1. The molecule has 4 aromatic rings. The number of hydrogen-bond acceptors (Lipinski definition) is 7. The number of carbonyl (C=O) groups is 1. The van der Waals surface area contributed by atoms with Crippen LogP contribution in [0.25, 0.3) is 23.1 Å². The number of pyridine rings is 1. The number of carbonyl (C=O) groups excluding carboxylic acids is 1. The lowest BCUT2D eigenvalue weighted by molar-refractivity contribution is -0.777. The molecule has 0 bridgehead atoms. The summed E-state index contributed by atoms with van der Waals surface area (Å²) in [5, 5.41) is 11.4. The van der Waals surface area contributed by atoms with Gasteiger partial charge in [-0.3, -0.25) is 9.63 Å². The van der Waals surface area contributed by atoms with Crippen LogP contribution in [0, 0.1) is 15.5 Å². The molecular weight excluding hydrogens is 628 g/mol. The second-order valence-corrected chi connectivity index (χ2v) is 13.7. The van der Waals surface area contributed by atoms with E-state index >= 15 is 0 Å². The molecule has 1 aliphatic rings. The van der Waals surface area contributed by atoms with Gasteiger partial charge in [-0.05, 0) is 117 Å². The molecule has 3 aromatic carbocycles. The number of methoxy groups -OCH3 is 1. The first-order chi connectivity index (χ1) is 22.9. The molecule has 9 heteroatoms. The fourth-order valence-corrected chi connectivity index (χ4v) is 6.55. The van der Waals surface area contributed by atoms with Gasteiger partial charge in [0.2, 0.25) is 6.29 Å². The van der Waals surface area contributed by atoms with E-state index in [9.17, 15) is 14.9 Å². The molecule has 1 aromatic heterocycles. The van der Waals surface area contributed by atoms with Crippen molar-refractivity contribution in [2.75, 3.05) is 7.11 Å². The summed E-state index contributed by atoms with van der Waals surface area (Å²) < 4.78 is 11.0. The number of aryl methyl sites for hydroxylation is 1. The van der Waals surface area contributed by atoms with Gasteiger partial charge in [0.15, 0.2) is 0 Å². The lowest BCUT2D eigenvalue weighted by Gasteiger charge is -2.27. The van der Waals surface area contributed by atoms with Gasteiger partial charge in [0, 0.05) is 17.5 Å². The summed E-state index contributed by atoms with van der Waals surface area (Å²) >= 11 is 6.20. The normalized spacial score (nSPS) is 15.3. The summed E-state index contributed by atoms with van der Waals surface area (Å²) in [6.07, 6.45) is 8.50. The van der Waals surface area contributed by atoms with Crippen LogP contribution in [-0.4, -0.2) is 29.4 Å². The molecule has 1 fully saturated rings. The fourth-order valence-electron chi connectivity index (χ4n) is 6.39. The number of esters is 1. The number of benzene rings is 3. The summed E-state index contributed by atoms with van der Waals surface area (Å²) in [5.74, 6) is -0.228. The molecule has 252 valence electrons. The second kappa shape index (κ2) is 15.3. The van der Waals surface area contributed by atoms with Gasteiger partial charge >= 0.3 is 5.97 Å². The Morgan fingerprint density at radius 3 is 2.56 bits per heavy atom. The molecule has 1 unspecified atom stereocenters. The molecule has 5 rings (SSSR count). The van der Waals surface area contributed by atoms with E-state index in [0.717, 1.165) is 60.7 Å². The fraction of sp³-hybridized carbons (Fsp3) is 0.385. The van der Waals surface area contributed by atoms with E-state index < -0.39 is 22.9 Å². The molecule has 0 N–H and O–H groups in total. The van der Waals surface area contributed by atoms with Gasteiger partial charge in [0.05, 0.1) is 23.2 Å². The molecule has 0 aliphatic heterocycles. The Kier molecular flexibility index (Phi) is 11.2. The summed E-state index contributed by atoms with van der Waals surface area (Å²) in [5.41, 5.74) is 5.91. The Labute approximate surface area is 287 Å². The molecule has 2 atom stereocenters. The highest BCUT2D eigenvalue weighted by atomic mass is 35.5. The number of aromatic nitrogens is 1. The minimum absolute atomic E-state index is 0.151. The number of ether oxygens (including phenoxy) is 2. The van der Waals surface area contributed by atoms with Crippen LogP contribution in [0.1, 0.15) is 93.2 Å². The maximum Gasteiger partial charge on any atom is 0.308 e. The van der Waals surface area contributed by atoms with Crippen LogP contribution < -0.4 is 0 Å². The van der Waals surface area contributed by atoms with Crippen molar-refractivity contribution in [3.05, 3.63) is 122 Å². The zero-order valence-electron chi connectivity index (χ0n) is 28.0. The van der Waals surface area contributed by atoms with Gasteiger partial charge in [0.1, 0.15) is 0 Å². The van der Waals surface area contributed by atoms with E-state index in [2.05, 4.69) is 73.3 Å². The van der Waals surface area contributed by atoms with E-state index in [4.69, 9.17) is 26.1 Å². The van der Waals surface area contributed by atoms with E-state index in [0.29, 0.717) is 5.02 Å². The zero-order valence-corrected chi connectivity index (χ0v) is 28.7. The van der Waals surface area contributed by atoms with E-state index in [1.165, 1.54) is 23.6 Å². The van der Waals surface area contributed by atoms with E-state index in [1.807, 2.05) is 36.4 Å². The van der Waals surface area contributed by atoms with Gasteiger partial charge in [-0.1, -0.05) is 78.3 Å². The SMILES string of the molecule is COC(C)(C)c1ccccc1CC[C@@H](CCC1(CC(=O)OC(C)O[N+](=O)[O-])CC1)c1cccc(/C=C/c2ccc3ccc(Cl)cc3n2)c1. The highest BCUT2D eigenvalue weighted by molar-refractivity contribution is 6.31. The Hall–Kier alpha value is -4.27. The molecule has 0 amide bonds. The average molecular weight is 671 g/mol. The predicted octanol–water partition coefficient (Wildman–Crippen LogP) is 9.70. The molecule has 0 saturated heterocycles. The largest absolute Gasteiger partial charge is 0.435 e. The van der Waals surface area contributed by atoms with Crippen LogP contribution >= 0.6 is 11.6 Å². The minimum Gasteiger partial charge on any atom is -0.435 e. The quantitative estimate of drug-likeness (QED) is 0.0506. The summed E-state index contributed by atoms with van der Waals surface area (Å²) in [6, 6.07) is 26.8. The average Bonchev–Trinajstić information content (AvgIpc) is 3.82. The van der Waals surface area contributed by atoms with E-state index in [1.54, 1.807) is 7.11 Å². The lowest BCUT2D eigenvalue weighted by Crippen LogP contribution is -2.23. The van der Waals surface area contributed by atoms with Crippen molar-refractivity contribution in [3.8, 4) is 0 Å². The van der Waals surface area contributed by atoms with Gasteiger partial charge in [-0.25, -0.2) is 4.98 Å². The third kappa shape index (κ3) is 9.42. The highest BCUT2D eigenvalue weighted by Gasteiger charge is 2.45. The van der Waals surface area contributed by atoms with Crippen molar-refractivity contribution >= 4 is 40.6 Å². The Bertz CT molecular complexity index is 1780. The maximum atomic E-state index is 12.6. The van der Waals surface area contributed by atoms with Gasteiger partial charge < -0.3 is 9.47 Å². The van der Waals surface area contributed by atoms with E-state index in [-0.39, 0.29) is 17.8 Å². The minimum atomic E-state index is -1.23. The van der Waals surface area contributed by atoms with Crippen molar-refractivity contribution in [3.63, 3.8) is 0 Å². The van der Waals surface area contributed by atoms with Crippen LogP contribution in [0.2, 0.25) is 5.02 Å². The monoisotopic (exact) mass is 670 g/mol. The third-order valence-corrected chi connectivity index (χ3v) is 9.71. The van der Waals surface area contributed by atoms with Crippen LogP contribution in [0.15, 0.2) is 78.9 Å². The first-order valence-corrected chi connectivity index (χ1v) is 16.8. The smallest absolute Gasteiger partial charge is 0.308 e. The van der Waals surface area contributed by atoms with Crippen molar-refractivity contribution in [2.24, 2.45) is 5.41 Å². The Morgan fingerprint density at radius 2 is 1.81 bits per heavy atom. The molecule has 48 heavy (non-hydrogen) atoms. The molecule has 1 aliphatic carbocycles. The first kappa shape index (κ1) is 35.0. The molecule has 0 spiro atoms. The number of nitrogens with zero attached hydrogens (tertiary/aromatic N) is 2. The number of hydrogen-bond donors (Lipinski definition) is 0. The first-order valence-electron chi connectivity index (χ1n) is 16.4. The van der Waals surface area contributed by atoms with Crippen LogP contribution in [-0.2, 0) is 31.1 Å². The van der Waals surface area contributed by atoms with Gasteiger partial charge in [-0.2, -0.15) is 0 Å². The van der Waals surface area contributed by atoms with Crippen molar-refractivity contribution < 1.29 is 24.2 Å². The molecular formula is C39H43ClN2O6. The Balaban J connectivity index is 1.34. The highest BCUT2D eigenvalue weighted by Crippen LogP contribution is 2.54. The Morgan fingerprint density at radius 1 is 1.04 bits per heavy atom. The lowest BCUT2D eigenvalue weighted by atomic mass is 9.82. The van der Waals surface area contributed by atoms with Gasteiger partial charge in [0.25, 0.3) is 5.09 Å². The summed E-state index contributed by atoms with van der Waals surface area (Å²) in [4.78, 5) is 32.4.